The maximum absolute atomic E-state index is 13.4. The van der Waals surface area contributed by atoms with Gasteiger partial charge in [0.25, 0.3) is 0 Å². The first-order chi connectivity index (χ1) is 8.47. The average Bonchev–Trinajstić information content (AvgIpc) is 2.97. The predicted molar refractivity (Wildman–Crippen MR) is 63.1 cm³/mol. The van der Waals surface area contributed by atoms with E-state index >= 15 is 0 Å². The third-order valence-corrected chi connectivity index (χ3v) is 2.89. The molecule has 1 aromatic carbocycles. The lowest BCUT2D eigenvalue weighted by Gasteiger charge is -2.08. The Morgan fingerprint density at radius 2 is 2.11 bits per heavy atom. The fourth-order valence-electron chi connectivity index (χ4n) is 1.60. The molecule has 2 unspecified atom stereocenters. The lowest BCUT2D eigenvalue weighted by atomic mass is 10.2. The van der Waals surface area contributed by atoms with Gasteiger partial charge in [0.2, 0.25) is 0 Å². The predicted octanol–water partition coefficient (Wildman–Crippen LogP) is 2.05. The van der Waals surface area contributed by atoms with Crippen molar-refractivity contribution in [3.05, 3.63) is 29.6 Å². The van der Waals surface area contributed by atoms with Crippen LogP contribution in [0.3, 0.4) is 0 Å². The molecule has 0 aromatic heterocycles. The minimum Gasteiger partial charge on any atom is -0.478 e. The molecule has 1 aliphatic carbocycles. The van der Waals surface area contributed by atoms with Crippen molar-refractivity contribution < 1.29 is 19.1 Å². The highest BCUT2D eigenvalue weighted by Gasteiger charge is 2.33. The van der Waals surface area contributed by atoms with E-state index in [9.17, 15) is 14.0 Å². The highest BCUT2D eigenvalue weighted by molar-refractivity contribution is 5.93. The number of hydrogen-bond acceptors (Lipinski definition) is 2. The number of carbonyl (C=O) groups is 2. The van der Waals surface area contributed by atoms with Crippen molar-refractivity contribution in [3.63, 3.8) is 0 Å². The number of aromatic carboxylic acids is 1. The Labute approximate surface area is 103 Å². The van der Waals surface area contributed by atoms with Crippen LogP contribution in [0.2, 0.25) is 0 Å². The summed E-state index contributed by atoms with van der Waals surface area (Å²) >= 11 is 0. The topological polar surface area (TPSA) is 78.4 Å². The Morgan fingerprint density at radius 3 is 2.67 bits per heavy atom. The van der Waals surface area contributed by atoms with Gasteiger partial charge in [0.05, 0.1) is 11.3 Å². The molecule has 0 saturated heterocycles. The van der Waals surface area contributed by atoms with Crippen molar-refractivity contribution in [2.24, 2.45) is 5.92 Å². The summed E-state index contributed by atoms with van der Waals surface area (Å²) in [5, 5.41) is 13.7. The monoisotopic (exact) mass is 252 g/mol. The van der Waals surface area contributed by atoms with Crippen molar-refractivity contribution in [2.45, 2.75) is 19.4 Å². The van der Waals surface area contributed by atoms with E-state index in [1.165, 1.54) is 0 Å². The number of benzene rings is 1. The number of carbonyl (C=O) groups excluding carboxylic acids is 1. The maximum Gasteiger partial charge on any atom is 0.335 e. The zero-order chi connectivity index (χ0) is 13.3. The van der Waals surface area contributed by atoms with Crippen LogP contribution in [0.4, 0.5) is 14.9 Å². The molecule has 2 rings (SSSR count). The number of anilines is 1. The largest absolute Gasteiger partial charge is 0.478 e. The van der Waals surface area contributed by atoms with Gasteiger partial charge in [-0.25, -0.2) is 14.0 Å². The van der Waals surface area contributed by atoms with Crippen molar-refractivity contribution in [2.75, 3.05) is 5.32 Å². The standard InChI is InChI=1S/C12H13FN2O3/c1-6-4-9(6)14-12(18)15-10-5-7(11(16)17)2-3-8(10)13/h2-3,5-6,9H,4H2,1H3,(H,16,17)(H2,14,15,18). The molecule has 6 heteroatoms. The molecule has 1 aliphatic rings. The van der Waals surface area contributed by atoms with Gasteiger partial charge in [-0.05, 0) is 30.5 Å². The lowest BCUT2D eigenvalue weighted by Crippen LogP contribution is -2.31. The molecule has 0 aliphatic heterocycles. The normalized spacial score (nSPS) is 21.2. The molecule has 1 saturated carbocycles. The molecule has 2 atom stereocenters. The van der Waals surface area contributed by atoms with E-state index in [1.807, 2.05) is 6.92 Å². The SMILES string of the molecule is CC1CC1NC(=O)Nc1cc(C(=O)O)ccc1F. The van der Waals surface area contributed by atoms with Crippen LogP contribution in [0.25, 0.3) is 0 Å². The first-order valence-corrected chi connectivity index (χ1v) is 5.57. The Kier molecular flexibility index (Phi) is 3.18. The molecule has 1 fully saturated rings. The van der Waals surface area contributed by atoms with Gasteiger partial charge in [-0.3, -0.25) is 0 Å². The summed E-state index contributed by atoms with van der Waals surface area (Å²) in [6.45, 7) is 2.00. The van der Waals surface area contributed by atoms with Crippen molar-refractivity contribution in [3.8, 4) is 0 Å². The zero-order valence-corrected chi connectivity index (χ0v) is 9.74. The summed E-state index contributed by atoms with van der Waals surface area (Å²) in [7, 11) is 0. The molecular formula is C12H13FN2O3. The van der Waals surface area contributed by atoms with Crippen molar-refractivity contribution in [1.82, 2.24) is 5.32 Å². The minimum atomic E-state index is -1.17. The first kappa shape index (κ1) is 12.3. The number of urea groups is 1. The van der Waals surface area contributed by atoms with Gasteiger partial charge < -0.3 is 15.7 Å². The Morgan fingerprint density at radius 1 is 1.44 bits per heavy atom. The van der Waals surface area contributed by atoms with Crippen molar-refractivity contribution in [1.29, 1.82) is 0 Å². The van der Waals surface area contributed by atoms with Gasteiger partial charge in [0.15, 0.2) is 0 Å². The summed E-state index contributed by atoms with van der Waals surface area (Å²) < 4.78 is 13.4. The van der Waals surface area contributed by atoms with Crippen LogP contribution in [0, 0.1) is 11.7 Å². The molecule has 0 heterocycles. The second kappa shape index (κ2) is 4.64. The van der Waals surface area contributed by atoms with Crippen LogP contribution >= 0.6 is 0 Å². The third-order valence-electron chi connectivity index (χ3n) is 2.89. The molecule has 5 nitrogen and oxygen atoms in total. The summed E-state index contributed by atoms with van der Waals surface area (Å²) in [5.74, 6) is -1.40. The number of hydrogen-bond donors (Lipinski definition) is 3. The molecule has 1 aromatic rings. The summed E-state index contributed by atoms with van der Waals surface area (Å²) in [6, 6.07) is 2.84. The maximum atomic E-state index is 13.4. The van der Waals surface area contributed by atoms with Crippen molar-refractivity contribution >= 4 is 17.7 Å². The smallest absolute Gasteiger partial charge is 0.335 e. The summed E-state index contributed by atoms with van der Waals surface area (Å²) in [5.41, 5.74) is -0.216. The molecule has 3 N–H and O–H groups in total. The molecular weight excluding hydrogens is 239 g/mol. The fraction of sp³-hybridized carbons (Fsp3) is 0.333. The van der Waals surface area contributed by atoms with E-state index in [1.54, 1.807) is 0 Å². The van der Waals surface area contributed by atoms with E-state index in [-0.39, 0.29) is 17.3 Å². The Hall–Kier alpha value is -2.11. The van der Waals surface area contributed by atoms with Gasteiger partial charge in [0.1, 0.15) is 5.82 Å². The first-order valence-electron chi connectivity index (χ1n) is 5.57. The van der Waals surface area contributed by atoms with Gasteiger partial charge in [0, 0.05) is 6.04 Å². The van der Waals surface area contributed by atoms with E-state index in [4.69, 9.17) is 5.11 Å². The van der Waals surface area contributed by atoms with Crippen LogP contribution in [0.15, 0.2) is 18.2 Å². The average molecular weight is 252 g/mol. The Balaban J connectivity index is 2.05. The lowest BCUT2D eigenvalue weighted by molar-refractivity contribution is 0.0697. The zero-order valence-electron chi connectivity index (χ0n) is 9.74. The van der Waals surface area contributed by atoms with Crippen LogP contribution in [-0.4, -0.2) is 23.1 Å². The highest BCUT2D eigenvalue weighted by atomic mass is 19.1. The molecule has 96 valence electrons. The van der Waals surface area contributed by atoms with E-state index in [0.29, 0.717) is 5.92 Å². The van der Waals surface area contributed by atoms with Crippen LogP contribution < -0.4 is 10.6 Å². The van der Waals surface area contributed by atoms with Crippen LogP contribution in [0.5, 0.6) is 0 Å². The number of carboxylic acid groups (broad SMARTS) is 1. The van der Waals surface area contributed by atoms with Gasteiger partial charge in [-0.1, -0.05) is 6.92 Å². The van der Waals surface area contributed by atoms with E-state index < -0.39 is 17.8 Å². The molecule has 2 amide bonds. The number of carboxylic acids is 1. The third kappa shape index (κ3) is 2.77. The molecule has 0 spiro atoms. The quantitative estimate of drug-likeness (QED) is 0.770. The molecule has 0 bridgehead atoms. The highest BCUT2D eigenvalue weighted by Crippen LogP contribution is 2.29. The van der Waals surface area contributed by atoms with E-state index in [2.05, 4.69) is 10.6 Å². The second-order valence-corrected chi connectivity index (χ2v) is 4.42. The number of halogens is 1. The molecule has 18 heavy (non-hydrogen) atoms. The summed E-state index contributed by atoms with van der Waals surface area (Å²) in [6.07, 6.45) is 0.908. The minimum absolute atomic E-state index is 0.0773. The van der Waals surface area contributed by atoms with Gasteiger partial charge in [-0.15, -0.1) is 0 Å². The number of rotatable bonds is 3. The number of amides is 2. The second-order valence-electron chi connectivity index (χ2n) is 4.42. The fourth-order valence-corrected chi connectivity index (χ4v) is 1.60. The van der Waals surface area contributed by atoms with E-state index in [0.717, 1.165) is 24.6 Å². The number of nitrogens with one attached hydrogen (secondary N) is 2. The Bertz CT molecular complexity index is 504. The van der Waals surface area contributed by atoms with Gasteiger partial charge >= 0.3 is 12.0 Å². The van der Waals surface area contributed by atoms with Gasteiger partial charge in [-0.2, -0.15) is 0 Å². The summed E-state index contributed by atoms with van der Waals surface area (Å²) in [4.78, 5) is 22.2. The molecule has 0 radical (unpaired) electrons. The van der Waals surface area contributed by atoms with Crippen LogP contribution in [0.1, 0.15) is 23.7 Å². The van der Waals surface area contributed by atoms with Crippen LogP contribution in [-0.2, 0) is 0 Å².